The smallest absolute Gasteiger partial charge is 0.252 e. The summed E-state index contributed by atoms with van der Waals surface area (Å²) < 4.78 is 0. The molecule has 0 bridgehead atoms. The maximum absolute atomic E-state index is 12.9. The summed E-state index contributed by atoms with van der Waals surface area (Å²) in [6.07, 6.45) is 0. The standard InChI is InChI=1S/C22H20N2O2/c1-16-9-8-14-19(15-16)23-22(26)20(17-10-4-2-5-11-17)24-21(25)18-12-6-3-7-13-18/h2-15,20H,1H3,(H,23,26)(H,24,25). The largest absolute Gasteiger partial charge is 0.336 e. The molecule has 3 rings (SSSR count). The predicted octanol–water partition coefficient (Wildman–Crippen LogP) is 4.10. The Morgan fingerprint density at radius 1 is 0.808 bits per heavy atom. The van der Waals surface area contributed by atoms with E-state index in [4.69, 9.17) is 0 Å². The van der Waals surface area contributed by atoms with E-state index in [0.29, 0.717) is 11.3 Å². The highest BCUT2D eigenvalue weighted by atomic mass is 16.2. The molecule has 1 unspecified atom stereocenters. The molecule has 0 saturated carbocycles. The van der Waals surface area contributed by atoms with E-state index < -0.39 is 6.04 Å². The second-order valence-corrected chi connectivity index (χ2v) is 6.04. The van der Waals surface area contributed by atoms with E-state index in [9.17, 15) is 9.59 Å². The molecule has 0 saturated heterocycles. The molecule has 0 radical (unpaired) electrons. The molecule has 0 aliphatic carbocycles. The van der Waals surface area contributed by atoms with E-state index in [1.165, 1.54) is 0 Å². The zero-order valence-electron chi connectivity index (χ0n) is 14.5. The average molecular weight is 344 g/mol. The second-order valence-electron chi connectivity index (χ2n) is 6.04. The van der Waals surface area contributed by atoms with Crippen molar-refractivity contribution < 1.29 is 9.59 Å². The van der Waals surface area contributed by atoms with Gasteiger partial charge in [0.2, 0.25) is 0 Å². The van der Waals surface area contributed by atoms with Gasteiger partial charge in [0, 0.05) is 11.3 Å². The molecule has 0 aromatic heterocycles. The van der Waals surface area contributed by atoms with Gasteiger partial charge in [-0.05, 0) is 42.3 Å². The van der Waals surface area contributed by atoms with Gasteiger partial charge in [0.05, 0.1) is 0 Å². The third kappa shape index (κ3) is 4.36. The SMILES string of the molecule is Cc1cccc(NC(=O)C(NC(=O)c2ccccc2)c2ccccc2)c1. The fourth-order valence-electron chi connectivity index (χ4n) is 2.69. The molecule has 0 spiro atoms. The van der Waals surface area contributed by atoms with Gasteiger partial charge in [0.15, 0.2) is 0 Å². The van der Waals surface area contributed by atoms with Crippen LogP contribution in [0.15, 0.2) is 84.9 Å². The molecule has 0 aliphatic heterocycles. The Morgan fingerprint density at radius 2 is 1.46 bits per heavy atom. The third-order valence-corrected chi connectivity index (χ3v) is 3.99. The molecule has 4 nitrogen and oxygen atoms in total. The molecule has 0 heterocycles. The van der Waals surface area contributed by atoms with Gasteiger partial charge in [0.25, 0.3) is 11.8 Å². The van der Waals surface area contributed by atoms with E-state index >= 15 is 0 Å². The van der Waals surface area contributed by atoms with Crippen LogP contribution in [0, 0.1) is 6.92 Å². The molecule has 2 amide bonds. The highest BCUT2D eigenvalue weighted by molar-refractivity contribution is 6.01. The van der Waals surface area contributed by atoms with Crippen LogP contribution in [-0.4, -0.2) is 11.8 Å². The molecule has 2 N–H and O–H groups in total. The number of anilines is 1. The third-order valence-electron chi connectivity index (χ3n) is 3.99. The van der Waals surface area contributed by atoms with Gasteiger partial charge in [-0.3, -0.25) is 9.59 Å². The molecule has 4 heteroatoms. The highest BCUT2D eigenvalue weighted by Gasteiger charge is 2.23. The van der Waals surface area contributed by atoms with E-state index in [1.807, 2.05) is 67.6 Å². The molecule has 0 fully saturated rings. The summed E-state index contributed by atoms with van der Waals surface area (Å²) in [6, 6.07) is 24.8. The second kappa shape index (κ2) is 8.12. The summed E-state index contributed by atoms with van der Waals surface area (Å²) in [4.78, 5) is 25.4. The van der Waals surface area contributed by atoms with E-state index in [0.717, 1.165) is 11.1 Å². The number of hydrogen-bond acceptors (Lipinski definition) is 2. The van der Waals surface area contributed by atoms with Crippen LogP contribution >= 0.6 is 0 Å². The fraction of sp³-hybridized carbons (Fsp3) is 0.0909. The van der Waals surface area contributed by atoms with Crippen molar-refractivity contribution in [3.63, 3.8) is 0 Å². The lowest BCUT2D eigenvalue weighted by atomic mass is 10.0. The zero-order chi connectivity index (χ0) is 18.4. The molecular weight excluding hydrogens is 324 g/mol. The lowest BCUT2D eigenvalue weighted by Gasteiger charge is -2.19. The van der Waals surface area contributed by atoms with Crippen LogP contribution in [0.2, 0.25) is 0 Å². The van der Waals surface area contributed by atoms with Crippen LogP contribution in [0.5, 0.6) is 0 Å². The lowest BCUT2D eigenvalue weighted by Crippen LogP contribution is -2.37. The van der Waals surface area contributed by atoms with Crippen LogP contribution in [0.1, 0.15) is 27.5 Å². The average Bonchev–Trinajstić information content (AvgIpc) is 2.67. The van der Waals surface area contributed by atoms with Gasteiger partial charge in [-0.15, -0.1) is 0 Å². The van der Waals surface area contributed by atoms with E-state index in [-0.39, 0.29) is 11.8 Å². The first-order chi connectivity index (χ1) is 12.6. The van der Waals surface area contributed by atoms with Crippen molar-refractivity contribution in [3.05, 3.63) is 102 Å². The Labute approximate surface area is 152 Å². The molecular formula is C22H20N2O2. The quantitative estimate of drug-likeness (QED) is 0.732. The maximum atomic E-state index is 12.9. The number of nitrogens with one attached hydrogen (secondary N) is 2. The fourth-order valence-corrected chi connectivity index (χ4v) is 2.69. The normalized spacial score (nSPS) is 11.4. The van der Waals surface area contributed by atoms with Crippen LogP contribution in [0.4, 0.5) is 5.69 Å². The summed E-state index contributed by atoms with van der Waals surface area (Å²) in [5.41, 5.74) is 2.98. The molecule has 3 aromatic carbocycles. The molecule has 3 aromatic rings. The maximum Gasteiger partial charge on any atom is 0.252 e. The van der Waals surface area contributed by atoms with Crippen molar-refractivity contribution in [1.82, 2.24) is 5.32 Å². The monoisotopic (exact) mass is 344 g/mol. The van der Waals surface area contributed by atoms with Crippen LogP contribution in [0.25, 0.3) is 0 Å². The van der Waals surface area contributed by atoms with Gasteiger partial charge in [-0.25, -0.2) is 0 Å². The molecule has 1 atom stereocenters. The Bertz CT molecular complexity index is 892. The van der Waals surface area contributed by atoms with Crippen molar-refractivity contribution in [3.8, 4) is 0 Å². The molecule has 26 heavy (non-hydrogen) atoms. The summed E-state index contributed by atoms with van der Waals surface area (Å²) in [5.74, 6) is -0.579. The van der Waals surface area contributed by atoms with Crippen molar-refractivity contribution in [1.29, 1.82) is 0 Å². The summed E-state index contributed by atoms with van der Waals surface area (Å²) >= 11 is 0. The predicted molar refractivity (Wildman–Crippen MR) is 103 cm³/mol. The van der Waals surface area contributed by atoms with Gasteiger partial charge >= 0.3 is 0 Å². The Morgan fingerprint density at radius 3 is 2.12 bits per heavy atom. The lowest BCUT2D eigenvalue weighted by molar-refractivity contribution is -0.118. The van der Waals surface area contributed by atoms with Gasteiger partial charge < -0.3 is 10.6 Å². The van der Waals surface area contributed by atoms with Gasteiger partial charge in [-0.2, -0.15) is 0 Å². The minimum atomic E-state index is -0.788. The number of aryl methyl sites for hydroxylation is 1. The van der Waals surface area contributed by atoms with Crippen molar-refractivity contribution in [2.45, 2.75) is 13.0 Å². The topological polar surface area (TPSA) is 58.2 Å². The first kappa shape index (κ1) is 17.4. The van der Waals surface area contributed by atoms with Gasteiger partial charge in [-0.1, -0.05) is 60.7 Å². The number of amides is 2. The van der Waals surface area contributed by atoms with Crippen LogP contribution < -0.4 is 10.6 Å². The summed E-state index contributed by atoms with van der Waals surface area (Å²) in [5, 5.41) is 5.72. The number of carbonyl (C=O) groups is 2. The Kier molecular flexibility index (Phi) is 5.44. The highest BCUT2D eigenvalue weighted by Crippen LogP contribution is 2.18. The minimum absolute atomic E-state index is 0.286. The minimum Gasteiger partial charge on any atom is -0.336 e. The first-order valence-corrected chi connectivity index (χ1v) is 8.42. The van der Waals surface area contributed by atoms with Crippen molar-refractivity contribution in [2.24, 2.45) is 0 Å². The van der Waals surface area contributed by atoms with Crippen molar-refractivity contribution >= 4 is 17.5 Å². The number of carbonyl (C=O) groups excluding carboxylic acids is 2. The molecule has 0 aliphatic rings. The van der Waals surface area contributed by atoms with Crippen LogP contribution in [-0.2, 0) is 4.79 Å². The number of benzene rings is 3. The number of rotatable bonds is 5. The van der Waals surface area contributed by atoms with E-state index in [1.54, 1.807) is 24.3 Å². The zero-order valence-corrected chi connectivity index (χ0v) is 14.5. The van der Waals surface area contributed by atoms with E-state index in [2.05, 4.69) is 10.6 Å². The van der Waals surface area contributed by atoms with Gasteiger partial charge in [0.1, 0.15) is 6.04 Å². The Hall–Kier alpha value is -3.40. The first-order valence-electron chi connectivity index (χ1n) is 8.42. The summed E-state index contributed by atoms with van der Waals surface area (Å²) in [6.45, 7) is 1.96. The number of hydrogen-bond donors (Lipinski definition) is 2. The summed E-state index contributed by atoms with van der Waals surface area (Å²) in [7, 11) is 0. The molecule has 130 valence electrons. The van der Waals surface area contributed by atoms with Crippen LogP contribution in [0.3, 0.4) is 0 Å². The van der Waals surface area contributed by atoms with Crippen molar-refractivity contribution in [2.75, 3.05) is 5.32 Å². The Balaban J connectivity index is 1.84.